The summed E-state index contributed by atoms with van der Waals surface area (Å²) in [5.41, 5.74) is 0.116. The second-order valence-electron chi connectivity index (χ2n) is 2.64. The van der Waals surface area contributed by atoms with E-state index < -0.39 is 11.9 Å². The van der Waals surface area contributed by atoms with Gasteiger partial charge in [0.2, 0.25) is 0 Å². The van der Waals surface area contributed by atoms with Gasteiger partial charge in [0.1, 0.15) is 0 Å². The highest BCUT2D eigenvalue weighted by Crippen LogP contribution is 2.13. The molecule has 1 aromatic rings. The van der Waals surface area contributed by atoms with Crippen LogP contribution in [0.3, 0.4) is 0 Å². The highest BCUT2D eigenvalue weighted by atomic mass is 17.1. The fourth-order valence-electron chi connectivity index (χ4n) is 1.03. The van der Waals surface area contributed by atoms with Crippen LogP contribution >= 0.6 is 0 Å². The minimum absolute atomic E-state index is 0.241. The van der Waals surface area contributed by atoms with Gasteiger partial charge in [0.15, 0.2) is 0 Å². The smallest absolute Gasteiger partial charge is 0.366 e. The summed E-state index contributed by atoms with van der Waals surface area (Å²) in [5.74, 6) is -2.40. The number of aliphatic carboxylic acids is 1. The first kappa shape index (κ1) is 10.9. The Morgan fingerprint density at radius 2 is 1.80 bits per heavy atom. The average molecular weight is 208 g/mol. The Labute approximate surface area is 85.2 Å². The summed E-state index contributed by atoms with van der Waals surface area (Å²) in [6.07, 6.45) is 0.706. The maximum Gasteiger partial charge on any atom is 0.366 e. The van der Waals surface area contributed by atoms with E-state index in [2.05, 4.69) is 4.89 Å². The van der Waals surface area contributed by atoms with E-state index in [1.54, 1.807) is 18.2 Å². The van der Waals surface area contributed by atoms with Crippen molar-refractivity contribution in [3.63, 3.8) is 0 Å². The monoisotopic (exact) mass is 208 g/mol. The molecule has 0 spiro atoms. The third-order valence-electron chi connectivity index (χ3n) is 1.67. The topological polar surface area (TPSA) is 83.8 Å². The van der Waals surface area contributed by atoms with Gasteiger partial charge in [0, 0.05) is 6.08 Å². The van der Waals surface area contributed by atoms with E-state index in [0.717, 1.165) is 0 Å². The van der Waals surface area contributed by atoms with E-state index in [1.807, 2.05) is 0 Å². The Kier molecular flexibility index (Phi) is 3.59. The van der Waals surface area contributed by atoms with E-state index in [4.69, 9.17) is 10.4 Å². The predicted molar refractivity (Wildman–Crippen MR) is 50.8 cm³/mol. The second-order valence-corrected chi connectivity index (χ2v) is 2.64. The van der Waals surface area contributed by atoms with Gasteiger partial charge in [-0.15, -0.1) is 0 Å². The normalized spacial score (nSPS) is 10.9. The van der Waals surface area contributed by atoms with Crippen LogP contribution in [0.4, 0.5) is 0 Å². The van der Waals surface area contributed by atoms with E-state index in [0.29, 0.717) is 11.6 Å². The molecule has 5 nitrogen and oxygen atoms in total. The molecule has 15 heavy (non-hydrogen) atoms. The number of carboxylic acid groups (broad SMARTS) is 1. The molecular weight excluding hydrogens is 200 g/mol. The van der Waals surface area contributed by atoms with Crippen LogP contribution in [-0.4, -0.2) is 22.3 Å². The largest absolute Gasteiger partial charge is 0.478 e. The van der Waals surface area contributed by atoms with Crippen LogP contribution in [0.1, 0.15) is 5.56 Å². The van der Waals surface area contributed by atoms with E-state index in [1.165, 1.54) is 12.1 Å². The van der Waals surface area contributed by atoms with Gasteiger partial charge in [-0.25, -0.2) is 9.59 Å². The number of hydrogen-bond donors (Lipinski definition) is 2. The van der Waals surface area contributed by atoms with Crippen LogP contribution in [0, 0.1) is 0 Å². The van der Waals surface area contributed by atoms with Crippen LogP contribution < -0.4 is 0 Å². The summed E-state index contributed by atoms with van der Waals surface area (Å²) < 4.78 is 0. The fraction of sp³-hybridized carbons (Fsp3) is 0. The minimum Gasteiger partial charge on any atom is -0.478 e. The number of carboxylic acids is 1. The van der Waals surface area contributed by atoms with Crippen molar-refractivity contribution in [3.8, 4) is 0 Å². The third kappa shape index (κ3) is 2.92. The van der Waals surface area contributed by atoms with Crippen molar-refractivity contribution in [1.82, 2.24) is 0 Å². The van der Waals surface area contributed by atoms with Crippen molar-refractivity contribution >= 4 is 17.5 Å². The molecule has 0 aliphatic carbocycles. The molecule has 0 saturated heterocycles. The van der Waals surface area contributed by atoms with E-state index in [-0.39, 0.29) is 5.57 Å². The van der Waals surface area contributed by atoms with Crippen molar-refractivity contribution in [2.75, 3.05) is 0 Å². The summed E-state index contributed by atoms with van der Waals surface area (Å²) in [6, 6.07) is 8.05. The zero-order chi connectivity index (χ0) is 11.3. The molecule has 0 bridgehead atoms. The molecule has 0 atom stereocenters. The molecule has 5 heteroatoms. The minimum atomic E-state index is -1.27. The molecule has 0 radical (unpaired) electrons. The zero-order valence-electron chi connectivity index (χ0n) is 7.58. The van der Waals surface area contributed by atoms with Crippen LogP contribution in [0.25, 0.3) is 5.57 Å². The van der Waals surface area contributed by atoms with Gasteiger partial charge >= 0.3 is 11.9 Å². The van der Waals surface area contributed by atoms with Gasteiger partial charge in [-0.3, -0.25) is 4.89 Å². The summed E-state index contributed by atoms with van der Waals surface area (Å²) >= 11 is 0. The van der Waals surface area contributed by atoms with Crippen LogP contribution in [0.5, 0.6) is 0 Å². The Balaban J connectivity index is 3.10. The summed E-state index contributed by atoms with van der Waals surface area (Å²) in [7, 11) is 0. The Morgan fingerprint density at radius 3 is 2.27 bits per heavy atom. The lowest BCUT2D eigenvalue weighted by atomic mass is 10.1. The molecule has 0 fully saturated rings. The average Bonchev–Trinajstić information content (AvgIpc) is 2.26. The lowest BCUT2D eigenvalue weighted by molar-refractivity contribution is -0.228. The first-order valence-corrected chi connectivity index (χ1v) is 4.01. The Bertz CT molecular complexity index is 394. The highest BCUT2D eigenvalue weighted by Gasteiger charge is 2.12. The number of carbonyl (C=O) groups excluding carboxylic acids is 1. The van der Waals surface area contributed by atoms with Crippen molar-refractivity contribution in [1.29, 1.82) is 0 Å². The van der Waals surface area contributed by atoms with Crippen LogP contribution in [0.15, 0.2) is 36.4 Å². The van der Waals surface area contributed by atoms with Gasteiger partial charge in [-0.1, -0.05) is 30.3 Å². The van der Waals surface area contributed by atoms with Gasteiger partial charge in [-0.2, -0.15) is 5.26 Å². The first-order valence-electron chi connectivity index (χ1n) is 4.01. The lowest BCUT2D eigenvalue weighted by Crippen LogP contribution is -2.04. The summed E-state index contributed by atoms with van der Waals surface area (Å²) in [5, 5.41) is 16.8. The molecule has 1 aromatic carbocycles. The Morgan fingerprint density at radius 1 is 1.20 bits per heavy atom. The third-order valence-corrected chi connectivity index (χ3v) is 1.67. The highest BCUT2D eigenvalue weighted by molar-refractivity contribution is 6.19. The molecular formula is C10H8O5. The Hall–Kier alpha value is -2.14. The number of rotatable bonds is 3. The molecule has 0 unspecified atom stereocenters. The number of hydrogen-bond acceptors (Lipinski definition) is 4. The molecule has 0 aliphatic rings. The summed E-state index contributed by atoms with van der Waals surface area (Å²) in [6.45, 7) is 0. The maximum atomic E-state index is 10.8. The predicted octanol–water partition coefficient (Wildman–Crippen LogP) is 1.17. The molecule has 0 saturated carbocycles. The van der Waals surface area contributed by atoms with Crippen molar-refractivity contribution < 1.29 is 24.8 Å². The lowest BCUT2D eigenvalue weighted by Gasteiger charge is -2.00. The zero-order valence-corrected chi connectivity index (χ0v) is 7.58. The standard InChI is InChI=1S/C10H8O5/c11-9(15-14)6-8(10(12)13)7-4-2-1-3-5-7/h1-6,14H,(H,12,13)/b8-6-. The molecule has 78 valence electrons. The SMILES string of the molecule is O=C(/C=C(\C(=O)O)c1ccccc1)OO. The van der Waals surface area contributed by atoms with Gasteiger partial charge < -0.3 is 5.11 Å². The second kappa shape index (κ2) is 4.92. The van der Waals surface area contributed by atoms with Gasteiger partial charge in [-0.05, 0) is 5.56 Å². The maximum absolute atomic E-state index is 10.8. The molecule has 0 aliphatic heterocycles. The molecule has 2 N–H and O–H groups in total. The summed E-state index contributed by atoms with van der Waals surface area (Å²) in [4.78, 5) is 24.9. The quantitative estimate of drug-likeness (QED) is 0.442. The van der Waals surface area contributed by atoms with Crippen molar-refractivity contribution in [2.24, 2.45) is 0 Å². The molecule has 0 aromatic heterocycles. The number of benzene rings is 1. The molecule has 0 heterocycles. The molecule has 0 amide bonds. The van der Waals surface area contributed by atoms with Crippen LogP contribution in [-0.2, 0) is 14.5 Å². The molecule has 1 rings (SSSR count). The van der Waals surface area contributed by atoms with E-state index in [9.17, 15) is 9.59 Å². The van der Waals surface area contributed by atoms with Crippen molar-refractivity contribution in [2.45, 2.75) is 0 Å². The number of carbonyl (C=O) groups is 2. The van der Waals surface area contributed by atoms with Crippen molar-refractivity contribution in [3.05, 3.63) is 42.0 Å². The van der Waals surface area contributed by atoms with Gasteiger partial charge in [0.25, 0.3) is 0 Å². The van der Waals surface area contributed by atoms with Gasteiger partial charge in [0.05, 0.1) is 5.57 Å². The van der Waals surface area contributed by atoms with E-state index >= 15 is 0 Å². The fourth-order valence-corrected chi connectivity index (χ4v) is 1.03. The first-order chi connectivity index (χ1) is 7.15. The van der Waals surface area contributed by atoms with Crippen LogP contribution in [0.2, 0.25) is 0 Å².